The van der Waals surface area contributed by atoms with Crippen LogP contribution in [0.2, 0.25) is 5.02 Å². The maximum Gasteiger partial charge on any atom is 0.573 e. The van der Waals surface area contributed by atoms with E-state index in [4.69, 9.17) is 22.1 Å². The Morgan fingerprint density at radius 3 is 2.53 bits per heavy atom. The standard InChI is InChI=1S/C22H19ClF3NO3/c1-2-13-9-10-15(11-18(13)23)29-12-17(21(28)14-7-8-14)20(27)16-5-3-4-6-19(16)30-22(24,25)26/h2-6,9-11,14H,1,7-8,12,27H2. The van der Waals surface area contributed by atoms with Crippen LogP contribution in [0, 0.1) is 5.92 Å². The highest BCUT2D eigenvalue weighted by molar-refractivity contribution is 6.32. The van der Waals surface area contributed by atoms with Gasteiger partial charge in [-0.05, 0) is 48.7 Å². The molecule has 0 aromatic heterocycles. The largest absolute Gasteiger partial charge is 0.573 e. The minimum atomic E-state index is -4.89. The second-order valence-corrected chi connectivity index (χ2v) is 7.16. The molecule has 0 unspecified atom stereocenters. The van der Waals surface area contributed by atoms with Crippen molar-refractivity contribution in [1.29, 1.82) is 0 Å². The van der Waals surface area contributed by atoms with Crippen molar-refractivity contribution in [2.45, 2.75) is 19.2 Å². The van der Waals surface area contributed by atoms with E-state index in [2.05, 4.69) is 11.3 Å². The summed E-state index contributed by atoms with van der Waals surface area (Å²) in [5.74, 6) is -0.547. The van der Waals surface area contributed by atoms with Gasteiger partial charge in [0.1, 0.15) is 18.1 Å². The molecule has 1 saturated carbocycles. The smallest absolute Gasteiger partial charge is 0.489 e. The summed E-state index contributed by atoms with van der Waals surface area (Å²) in [7, 11) is 0. The lowest BCUT2D eigenvalue weighted by Crippen LogP contribution is -2.21. The highest BCUT2D eigenvalue weighted by Gasteiger charge is 2.35. The number of hydrogen-bond acceptors (Lipinski definition) is 4. The number of para-hydroxylation sites is 1. The maximum absolute atomic E-state index is 12.8. The van der Waals surface area contributed by atoms with Gasteiger partial charge in [-0.25, -0.2) is 0 Å². The molecule has 1 aliphatic rings. The molecule has 8 heteroatoms. The van der Waals surface area contributed by atoms with Crippen molar-refractivity contribution in [1.82, 2.24) is 0 Å². The van der Waals surface area contributed by atoms with Crippen molar-refractivity contribution in [2.24, 2.45) is 11.7 Å². The molecular formula is C22H19ClF3NO3. The lowest BCUT2D eigenvalue weighted by atomic mass is 10.0. The van der Waals surface area contributed by atoms with Gasteiger partial charge in [-0.1, -0.05) is 36.4 Å². The van der Waals surface area contributed by atoms with E-state index in [1.807, 2.05) is 0 Å². The number of rotatable bonds is 8. The summed E-state index contributed by atoms with van der Waals surface area (Å²) in [6.45, 7) is 3.43. The number of hydrogen-bond donors (Lipinski definition) is 1. The fourth-order valence-electron chi connectivity index (χ4n) is 2.86. The van der Waals surface area contributed by atoms with Gasteiger partial charge in [0.25, 0.3) is 0 Å². The zero-order chi connectivity index (χ0) is 21.9. The van der Waals surface area contributed by atoms with Crippen molar-refractivity contribution in [3.63, 3.8) is 0 Å². The molecule has 2 aromatic rings. The highest BCUT2D eigenvalue weighted by Crippen LogP contribution is 2.36. The molecule has 0 radical (unpaired) electrons. The summed E-state index contributed by atoms with van der Waals surface area (Å²) in [5, 5.41) is 0.415. The molecule has 0 spiro atoms. The Kier molecular flexibility index (Phi) is 6.41. The summed E-state index contributed by atoms with van der Waals surface area (Å²) in [5.41, 5.74) is 6.83. The summed E-state index contributed by atoms with van der Waals surface area (Å²) < 4.78 is 48.0. The van der Waals surface area contributed by atoms with Gasteiger partial charge < -0.3 is 15.2 Å². The summed E-state index contributed by atoms with van der Waals surface area (Å²) >= 11 is 6.13. The van der Waals surface area contributed by atoms with E-state index in [9.17, 15) is 18.0 Å². The van der Waals surface area contributed by atoms with Gasteiger partial charge >= 0.3 is 6.36 Å². The van der Waals surface area contributed by atoms with Crippen LogP contribution in [-0.2, 0) is 4.79 Å². The maximum atomic E-state index is 12.8. The van der Waals surface area contributed by atoms with Crippen molar-refractivity contribution < 1.29 is 27.4 Å². The monoisotopic (exact) mass is 437 g/mol. The summed E-state index contributed by atoms with van der Waals surface area (Å²) in [6, 6.07) is 10.3. The first-order chi connectivity index (χ1) is 14.2. The van der Waals surface area contributed by atoms with Gasteiger partial charge in [0.2, 0.25) is 0 Å². The van der Waals surface area contributed by atoms with E-state index in [1.165, 1.54) is 18.2 Å². The lowest BCUT2D eigenvalue weighted by molar-refractivity contribution is -0.274. The first-order valence-electron chi connectivity index (χ1n) is 9.12. The molecule has 0 saturated heterocycles. The molecule has 1 fully saturated rings. The number of ether oxygens (including phenoxy) is 2. The van der Waals surface area contributed by atoms with Crippen molar-refractivity contribution in [2.75, 3.05) is 6.61 Å². The molecule has 0 aliphatic heterocycles. The predicted octanol–water partition coefficient (Wildman–Crippen LogP) is 5.61. The molecule has 30 heavy (non-hydrogen) atoms. The van der Waals surface area contributed by atoms with E-state index in [1.54, 1.807) is 24.3 Å². The first kappa shape index (κ1) is 21.8. The van der Waals surface area contributed by atoms with E-state index >= 15 is 0 Å². The van der Waals surface area contributed by atoms with Gasteiger partial charge in [-0.2, -0.15) is 0 Å². The molecule has 2 N–H and O–H groups in total. The SMILES string of the molecule is C=Cc1ccc(OCC(C(=O)C2CC2)=C(N)c2ccccc2OC(F)(F)F)cc1Cl. The molecule has 0 bridgehead atoms. The van der Waals surface area contributed by atoms with Crippen LogP contribution in [0.1, 0.15) is 24.0 Å². The Morgan fingerprint density at radius 2 is 1.93 bits per heavy atom. The fourth-order valence-corrected chi connectivity index (χ4v) is 3.11. The first-order valence-corrected chi connectivity index (χ1v) is 9.50. The van der Waals surface area contributed by atoms with Crippen LogP contribution in [-0.4, -0.2) is 18.8 Å². The third kappa shape index (κ3) is 5.36. The Morgan fingerprint density at radius 1 is 1.23 bits per heavy atom. The molecule has 1 aliphatic carbocycles. The second-order valence-electron chi connectivity index (χ2n) is 6.75. The topological polar surface area (TPSA) is 61.5 Å². The number of ketones is 1. The average Bonchev–Trinajstić information content (AvgIpc) is 3.52. The number of carbonyl (C=O) groups is 1. The third-order valence-electron chi connectivity index (χ3n) is 4.55. The second kappa shape index (κ2) is 8.83. The van der Waals surface area contributed by atoms with Gasteiger partial charge in [0.15, 0.2) is 5.78 Å². The Bertz CT molecular complexity index is 997. The average molecular weight is 438 g/mol. The van der Waals surface area contributed by atoms with Crippen molar-refractivity contribution in [3.8, 4) is 11.5 Å². The number of Topliss-reactive ketones (excluding diaryl/α,β-unsaturated/α-hetero) is 1. The van der Waals surface area contributed by atoms with Crippen LogP contribution in [0.15, 0.2) is 54.6 Å². The zero-order valence-corrected chi connectivity index (χ0v) is 16.6. The summed E-state index contributed by atoms with van der Waals surface area (Å²) in [4.78, 5) is 12.8. The molecule has 0 atom stereocenters. The van der Waals surface area contributed by atoms with Gasteiger partial charge in [0.05, 0.1) is 16.3 Å². The number of halogens is 4. The van der Waals surface area contributed by atoms with Gasteiger partial charge in [-0.15, -0.1) is 13.2 Å². The van der Waals surface area contributed by atoms with E-state index in [-0.39, 0.29) is 35.1 Å². The van der Waals surface area contributed by atoms with Crippen molar-refractivity contribution >= 4 is 29.2 Å². The van der Waals surface area contributed by atoms with Crippen molar-refractivity contribution in [3.05, 3.63) is 70.8 Å². The molecule has 158 valence electrons. The number of alkyl halides is 3. The highest BCUT2D eigenvalue weighted by atomic mass is 35.5. The third-order valence-corrected chi connectivity index (χ3v) is 4.88. The Balaban J connectivity index is 1.93. The number of benzene rings is 2. The molecular weight excluding hydrogens is 419 g/mol. The Hall–Kier alpha value is -2.93. The quantitative estimate of drug-likeness (QED) is 0.545. The number of carbonyl (C=O) groups excluding carboxylic acids is 1. The fraction of sp³-hybridized carbons (Fsp3) is 0.227. The lowest BCUT2D eigenvalue weighted by Gasteiger charge is -2.17. The van der Waals surface area contributed by atoms with Crippen LogP contribution in [0.3, 0.4) is 0 Å². The molecule has 0 heterocycles. The molecule has 0 amide bonds. The molecule has 2 aromatic carbocycles. The van der Waals surface area contributed by atoms with Gasteiger partial charge in [-0.3, -0.25) is 4.79 Å². The number of nitrogens with two attached hydrogens (primary N) is 1. The minimum absolute atomic E-state index is 0.0255. The van der Waals surface area contributed by atoms with Crippen LogP contribution in [0.25, 0.3) is 11.8 Å². The predicted molar refractivity (Wildman–Crippen MR) is 109 cm³/mol. The molecule has 4 nitrogen and oxygen atoms in total. The van der Waals surface area contributed by atoms with Crippen LogP contribution >= 0.6 is 11.6 Å². The minimum Gasteiger partial charge on any atom is -0.489 e. The van der Waals surface area contributed by atoms with E-state index in [0.29, 0.717) is 29.2 Å². The van der Waals surface area contributed by atoms with E-state index < -0.39 is 12.1 Å². The van der Waals surface area contributed by atoms with Crippen LogP contribution < -0.4 is 15.2 Å². The van der Waals surface area contributed by atoms with Crippen LogP contribution in [0.5, 0.6) is 11.5 Å². The normalized spacial score (nSPS) is 14.7. The van der Waals surface area contributed by atoms with Gasteiger partial charge in [0, 0.05) is 11.5 Å². The molecule has 3 rings (SSSR count). The van der Waals surface area contributed by atoms with Crippen LogP contribution in [0.4, 0.5) is 13.2 Å². The summed E-state index contributed by atoms with van der Waals surface area (Å²) in [6.07, 6.45) is -1.90. The Labute approximate surface area is 176 Å². The zero-order valence-electron chi connectivity index (χ0n) is 15.8. The van der Waals surface area contributed by atoms with E-state index in [0.717, 1.165) is 6.07 Å².